The molecular weight excluding hydrogens is 369 g/mol. The fraction of sp³-hybridized carbons (Fsp3) is 0.579. The van der Waals surface area contributed by atoms with Crippen LogP contribution in [0.2, 0.25) is 1.41 Å². The average molecular weight is 407 g/mol. The van der Waals surface area contributed by atoms with E-state index in [2.05, 4.69) is 5.11 Å². The SMILES string of the molecule is [2H]Oc1c(C(=O)N([2H])CCC([2H])([2H])N2CCC([2H])([2H])CC2)c(=O)n(C([2H])(C)C([2H])([2H])[2H])c2sc(F)c([2H])c12. The second-order valence-corrected chi connectivity index (χ2v) is 6.89. The summed E-state index contributed by atoms with van der Waals surface area (Å²) in [7, 11) is 0. The Kier molecular flexibility index (Phi) is 3.12. The Morgan fingerprint density at radius 3 is 3.19 bits per heavy atom. The third-order valence-electron chi connectivity index (χ3n) is 4.07. The Balaban J connectivity index is 2.04. The van der Waals surface area contributed by atoms with Gasteiger partial charge in [-0.3, -0.25) is 14.2 Å². The van der Waals surface area contributed by atoms with Crippen molar-refractivity contribution in [2.75, 3.05) is 26.1 Å². The number of hydrogen-bond acceptors (Lipinski definition) is 5. The van der Waals surface area contributed by atoms with Gasteiger partial charge in [0.15, 0.2) is 6.54 Å². The molecule has 3 rings (SSSR count). The lowest BCUT2D eigenvalue weighted by Gasteiger charge is -2.26. The Hall–Kier alpha value is -1.93. The second kappa shape index (κ2) is 8.39. The summed E-state index contributed by atoms with van der Waals surface area (Å²) in [5, 5.41) is 2.87. The fourth-order valence-electron chi connectivity index (χ4n) is 2.81. The number of nitrogens with zero attached hydrogens (tertiary/aromatic N) is 2. The first-order valence-corrected chi connectivity index (χ1v) is 9.15. The van der Waals surface area contributed by atoms with Crippen molar-refractivity contribution in [3.63, 3.8) is 0 Å². The zero-order valence-corrected chi connectivity index (χ0v) is 15.4. The van der Waals surface area contributed by atoms with Crippen molar-refractivity contribution in [3.05, 3.63) is 27.1 Å². The molecule has 1 aliphatic heterocycles. The zero-order valence-electron chi connectivity index (χ0n) is 25.6. The van der Waals surface area contributed by atoms with Gasteiger partial charge in [0.2, 0.25) is 0 Å². The van der Waals surface area contributed by atoms with Crippen LogP contribution >= 0.6 is 11.3 Å². The number of piperidine rings is 1. The van der Waals surface area contributed by atoms with Crippen LogP contribution in [0.4, 0.5) is 4.39 Å². The number of thiophene rings is 1. The molecule has 0 bridgehead atoms. The van der Waals surface area contributed by atoms with Gasteiger partial charge in [-0.05, 0) is 58.7 Å². The molecule has 148 valence electrons. The summed E-state index contributed by atoms with van der Waals surface area (Å²) in [6, 6.07) is -3.64. The quantitative estimate of drug-likeness (QED) is 0.741. The first-order valence-electron chi connectivity index (χ1n) is 13.7. The van der Waals surface area contributed by atoms with E-state index in [1.807, 2.05) is 0 Å². The molecule has 27 heavy (non-hydrogen) atoms. The summed E-state index contributed by atoms with van der Waals surface area (Å²) in [5.74, 6) is -2.30. The maximum absolute atomic E-state index is 14.4. The molecule has 1 unspecified atom stereocenters. The highest BCUT2D eigenvalue weighted by Gasteiger charge is 2.25. The summed E-state index contributed by atoms with van der Waals surface area (Å²) in [6.45, 7) is -4.72. The molecule has 1 fully saturated rings. The van der Waals surface area contributed by atoms with Crippen LogP contribution in [0, 0.1) is 5.13 Å². The number of nitrogens with one attached hydrogen (secondary N) is 1. The Bertz CT molecular complexity index is 1280. The third kappa shape index (κ3) is 4.16. The lowest BCUT2D eigenvalue weighted by Crippen LogP contribution is -2.36. The molecule has 2 N–H and O–H groups in total. The van der Waals surface area contributed by atoms with E-state index in [4.69, 9.17) is 15.2 Å². The minimum atomic E-state index is -3.16. The maximum atomic E-state index is 14.4. The number of likely N-dealkylation sites (tertiary alicyclic amines) is 1. The number of hydrogen-bond donors (Lipinski definition) is 2. The van der Waals surface area contributed by atoms with Crippen molar-refractivity contribution >= 4 is 27.5 Å². The van der Waals surface area contributed by atoms with E-state index in [-0.39, 0.29) is 42.6 Å². The topological polar surface area (TPSA) is 74.6 Å². The molecule has 2 aromatic rings. The van der Waals surface area contributed by atoms with Gasteiger partial charge in [0.1, 0.15) is 16.1 Å². The molecule has 0 spiro atoms. The molecule has 1 saturated heterocycles. The first-order chi connectivity index (χ1) is 17.3. The number of carbonyl (C=O) groups excluding carboxylic acids is 1. The second-order valence-electron chi connectivity index (χ2n) is 5.94. The molecule has 0 aliphatic carbocycles. The monoisotopic (exact) mass is 406 g/mol. The normalized spacial score (nSPS) is 26.4. The number of fused-ring (bicyclic) bond motifs is 1. The van der Waals surface area contributed by atoms with E-state index < -0.39 is 82.9 Å². The summed E-state index contributed by atoms with van der Waals surface area (Å²) < 4.78 is 102. The van der Waals surface area contributed by atoms with E-state index >= 15 is 0 Å². The van der Waals surface area contributed by atoms with Gasteiger partial charge in [-0.25, -0.2) is 0 Å². The maximum Gasteiger partial charge on any atom is 0.293 e. The fourth-order valence-corrected chi connectivity index (χ4v) is 3.69. The van der Waals surface area contributed by atoms with Crippen molar-refractivity contribution in [3.8, 4) is 5.75 Å². The van der Waals surface area contributed by atoms with Crippen LogP contribution < -0.4 is 10.9 Å². The van der Waals surface area contributed by atoms with Gasteiger partial charge >= 0.3 is 0 Å². The van der Waals surface area contributed by atoms with Crippen LogP contribution in [0.3, 0.4) is 0 Å². The first kappa shape index (κ1) is 10.0. The minimum Gasteiger partial charge on any atom is -0.506 e. The predicted molar refractivity (Wildman–Crippen MR) is 105 cm³/mol. The minimum absolute atomic E-state index is 0.0990. The van der Waals surface area contributed by atoms with Gasteiger partial charge in [-0.1, -0.05) is 17.7 Å². The number of aromatic hydroxyl groups is 1. The van der Waals surface area contributed by atoms with Crippen molar-refractivity contribution in [2.45, 2.75) is 45.4 Å². The van der Waals surface area contributed by atoms with Gasteiger partial charge in [0.25, 0.3) is 12.9 Å². The van der Waals surface area contributed by atoms with Crippen molar-refractivity contribution < 1.29 is 28.0 Å². The smallest absolute Gasteiger partial charge is 0.293 e. The highest BCUT2D eigenvalue weighted by Crippen LogP contribution is 2.33. The summed E-state index contributed by atoms with van der Waals surface area (Å²) >= 11 is 0.172. The number of rotatable bonds is 7. The molecule has 8 heteroatoms. The molecule has 0 radical (unpaired) electrons. The molecule has 1 atom stereocenters. The molecule has 3 heterocycles. The lowest BCUT2D eigenvalue weighted by molar-refractivity contribution is 0.0946. The van der Waals surface area contributed by atoms with Crippen LogP contribution in [0.1, 0.15) is 68.1 Å². The number of halogens is 1. The summed E-state index contributed by atoms with van der Waals surface area (Å²) in [6.07, 6.45) is -1.64. The molecular formula is C19H26FN3O3S. The van der Waals surface area contributed by atoms with E-state index in [9.17, 15) is 14.0 Å². The Morgan fingerprint density at radius 1 is 1.70 bits per heavy atom. The number of carbonyl (C=O) groups is 1. The van der Waals surface area contributed by atoms with Crippen molar-refractivity contribution in [1.29, 1.82) is 1.43 Å². The zero-order chi connectivity index (χ0) is 29.0. The van der Waals surface area contributed by atoms with E-state index in [1.165, 1.54) is 4.90 Å². The van der Waals surface area contributed by atoms with Crippen LogP contribution in [-0.4, -0.2) is 48.0 Å². The van der Waals surface area contributed by atoms with Gasteiger partial charge in [0.05, 0.1) is 8.13 Å². The van der Waals surface area contributed by atoms with Gasteiger partial charge in [-0.2, -0.15) is 4.39 Å². The number of amides is 1. The largest absolute Gasteiger partial charge is 0.506 e. The van der Waals surface area contributed by atoms with Crippen LogP contribution in [0.25, 0.3) is 10.2 Å². The average Bonchev–Trinajstić information content (AvgIpc) is 3.08. The number of pyridine rings is 1. The van der Waals surface area contributed by atoms with Gasteiger partial charge in [0, 0.05) is 22.2 Å². The van der Waals surface area contributed by atoms with Crippen molar-refractivity contribution in [2.24, 2.45) is 0 Å². The van der Waals surface area contributed by atoms with Crippen molar-refractivity contribution in [1.82, 2.24) is 14.8 Å². The van der Waals surface area contributed by atoms with E-state index in [0.29, 0.717) is 4.57 Å². The van der Waals surface area contributed by atoms with E-state index in [0.717, 1.165) is 6.92 Å². The van der Waals surface area contributed by atoms with E-state index in [1.54, 1.807) is 0 Å². The highest BCUT2D eigenvalue weighted by atomic mass is 32.1. The standard InChI is InChI=1S/C19H26FN3O3S/c1-12(2)23-18(26)15(16(24)13-11-14(20)27-19(13)23)17(25)21-7-6-10-22-8-4-3-5-9-22/h11-12,24H,3-10H2,1-2H3,(H,21,25)/i1D3,3D2,10D2,11D,12D/hD2. The van der Waals surface area contributed by atoms with Gasteiger partial charge < -0.3 is 15.3 Å². The Labute approximate surface area is 177 Å². The van der Waals surface area contributed by atoms with Crippen LogP contribution in [-0.2, 0) is 0 Å². The van der Waals surface area contributed by atoms with Crippen LogP contribution in [0.15, 0.2) is 10.8 Å². The number of aromatic nitrogens is 1. The summed E-state index contributed by atoms with van der Waals surface area (Å²) in [4.78, 5) is 27.5. The molecule has 0 aromatic carbocycles. The Morgan fingerprint density at radius 2 is 2.48 bits per heavy atom. The molecule has 0 saturated carbocycles. The molecule has 6 nitrogen and oxygen atoms in total. The lowest BCUT2D eigenvalue weighted by atomic mass is 10.1. The van der Waals surface area contributed by atoms with Gasteiger partial charge in [-0.15, -0.1) is 0 Å². The summed E-state index contributed by atoms with van der Waals surface area (Å²) in [5.41, 5.74) is -2.51. The molecule has 2 aromatic heterocycles. The highest BCUT2D eigenvalue weighted by molar-refractivity contribution is 7.17. The molecule has 1 aliphatic rings. The van der Waals surface area contributed by atoms with Crippen LogP contribution in [0.5, 0.6) is 5.75 Å². The third-order valence-corrected chi connectivity index (χ3v) is 4.93. The predicted octanol–water partition coefficient (Wildman–Crippen LogP) is 3.09. The molecule has 1 amide bonds.